The predicted molar refractivity (Wildman–Crippen MR) is 59.4 cm³/mol. The zero-order chi connectivity index (χ0) is 11.6. The lowest BCUT2D eigenvalue weighted by Gasteiger charge is -2.22. The molecule has 0 bridgehead atoms. The molecular weight excluding hydrogens is 193 g/mol. The van der Waals surface area contributed by atoms with Crippen molar-refractivity contribution in [1.82, 2.24) is 0 Å². The first-order chi connectivity index (χ1) is 6.79. The maximum absolute atomic E-state index is 13.6. The molecule has 1 aromatic carbocycles. The number of hydrogen-bond acceptors (Lipinski definition) is 2. The van der Waals surface area contributed by atoms with Gasteiger partial charge in [-0.15, -0.1) is 0 Å². The summed E-state index contributed by atoms with van der Waals surface area (Å²) in [5.74, 6) is -0.0911. The van der Waals surface area contributed by atoms with E-state index in [1.807, 2.05) is 27.7 Å². The van der Waals surface area contributed by atoms with E-state index in [1.165, 1.54) is 6.07 Å². The van der Waals surface area contributed by atoms with Gasteiger partial charge in [0, 0.05) is 6.04 Å². The fourth-order valence-electron chi connectivity index (χ4n) is 1.21. The van der Waals surface area contributed by atoms with Crippen LogP contribution in [-0.2, 0) is 0 Å². The molecule has 0 heterocycles. The van der Waals surface area contributed by atoms with E-state index in [0.717, 1.165) is 5.56 Å². The van der Waals surface area contributed by atoms with Crippen LogP contribution in [-0.4, -0.2) is 5.60 Å². The third kappa shape index (κ3) is 3.51. The highest BCUT2D eigenvalue weighted by atomic mass is 19.1. The molecule has 15 heavy (non-hydrogen) atoms. The van der Waals surface area contributed by atoms with Crippen LogP contribution in [0.5, 0.6) is 5.75 Å². The van der Waals surface area contributed by atoms with Gasteiger partial charge in [0.15, 0.2) is 11.6 Å². The smallest absolute Gasteiger partial charge is 0.165 e. The minimum Gasteiger partial charge on any atom is -0.485 e. The minimum absolute atomic E-state index is 0.164. The van der Waals surface area contributed by atoms with Gasteiger partial charge in [-0.05, 0) is 45.4 Å². The van der Waals surface area contributed by atoms with E-state index in [0.29, 0.717) is 0 Å². The second-order valence-electron chi connectivity index (χ2n) is 4.69. The number of benzene rings is 1. The monoisotopic (exact) mass is 211 g/mol. The van der Waals surface area contributed by atoms with Gasteiger partial charge in [-0.2, -0.15) is 0 Å². The van der Waals surface area contributed by atoms with Gasteiger partial charge in [-0.25, -0.2) is 4.39 Å². The van der Waals surface area contributed by atoms with Gasteiger partial charge in [0.25, 0.3) is 0 Å². The summed E-state index contributed by atoms with van der Waals surface area (Å²) in [5.41, 5.74) is 6.03. The second kappa shape index (κ2) is 4.19. The molecule has 0 aliphatic heterocycles. The Hall–Kier alpha value is -1.09. The van der Waals surface area contributed by atoms with Crippen molar-refractivity contribution in [3.05, 3.63) is 29.6 Å². The molecule has 1 rings (SSSR count). The molecule has 2 N–H and O–H groups in total. The molecule has 0 amide bonds. The SMILES string of the molecule is C[C@H](N)c1ccc(OC(C)(C)C)c(F)c1. The summed E-state index contributed by atoms with van der Waals surface area (Å²) in [6, 6.07) is 4.67. The van der Waals surface area contributed by atoms with E-state index in [4.69, 9.17) is 10.5 Å². The lowest BCUT2D eigenvalue weighted by Crippen LogP contribution is -2.23. The van der Waals surface area contributed by atoms with Crippen LogP contribution in [0.3, 0.4) is 0 Å². The van der Waals surface area contributed by atoms with Gasteiger partial charge in [0.1, 0.15) is 5.60 Å². The molecule has 0 fully saturated rings. The topological polar surface area (TPSA) is 35.2 Å². The Labute approximate surface area is 90.2 Å². The summed E-state index contributed by atoms with van der Waals surface area (Å²) in [4.78, 5) is 0. The van der Waals surface area contributed by atoms with Gasteiger partial charge in [-0.3, -0.25) is 0 Å². The van der Waals surface area contributed by atoms with Crippen LogP contribution in [0.1, 0.15) is 39.3 Å². The molecule has 0 unspecified atom stereocenters. The highest BCUT2D eigenvalue weighted by Crippen LogP contribution is 2.24. The minimum atomic E-state index is -0.392. The van der Waals surface area contributed by atoms with E-state index in [2.05, 4.69) is 0 Å². The molecule has 84 valence electrons. The standard InChI is InChI=1S/C12H18FNO/c1-8(14)9-5-6-11(10(13)7-9)15-12(2,3)4/h5-8H,14H2,1-4H3/t8-/m0/s1. The molecule has 1 aromatic rings. The average molecular weight is 211 g/mol. The number of ether oxygens (including phenoxy) is 1. The van der Waals surface area contributed by atoms with Crippen LogP contribution >= 0.6 is 0 Å². The molecule has 0 aromatic heterocycles. The molecular formula is C12H18FNO. The summed E-state index contributed by atoms with van der Waals surface area (Å²) in [5, 5.41) is 0. The van der Waals surface area contributed by atoms with E-state index >= 15 is 0 Å². The summed E-state index contributed by atoms with van der Waals surface area (Å²) in [7, 11) is 0. The fraction of sp³-hybridized carbons (Fsp3) is 0.500. The summed E-state index contributed by atoms with van der Waals surface area (Å²) < 4.78 is 19.0. The number of nitrogens with two attached hydrogens (primary N) is 1. The molecule has 0 aliphatic carbocycles. The second-order valence-corrected chi connectivity index (χ2v) is 4.69. The molecule has 0 radical (unpaired) electrons. The van der Waals surface area contributed by atoms with Crippen molar-refractivity contribution in [3.63, 3.8) is 0 Å². The van der Waals surface area contributed by atoms with E-state index < -0.39 is 5.60 Å². The van der Waals surface area contributed by atoms with E-state index in [1.54, 1.807) is 12.1 Å². The average Bonchev–Trinajstić information content (AvgIpc) is 2.05. The molecule has 3 heteroatoms. The van der Waals surface area contributed by atoms with Crippen molar-refractivity contribution in [2.75, 3.05) is 0 Å². The molecule has 0 saturated heterocycles. The largest absolute Gasteiger partial charge is 0.485 e. The highest BCUT2D eigenvalue weighted by molar-refractivity contribution is 5.31. The molecule has 0 aliphatic rings. The zero-order valence-corrected chi connectivity index (χ0v) is 9.67. The quantitative estimate of drug-likeness (QED) is 0.816. The van der Waals surface area contributed by atoms with Crippen molar-refractivity contribution in [3.8, 4) is 5.75 Å². The molecule has 1 atom stereocenters. The number of hydrogen-bond donors (Lipinski definition) is 1. The van der Waals surface area contributed by atoms with Gasteiger partial charge < -0.3 is 10.5 Å². The maximum Gasteiger partial charge on any atom is 0.165 e. The van der Waals surface area contributed by atoms with Crippen molar-refractivity contribution in [2.24, 2.45) is 5.73 Å². The predicted octanol–water partition coefficient (Wildman–Crippen LogP) is 3.02. The molecule has 0 saturated carbocycles. The summed E-state index contributed by atoms with van der Waals surface area (Å²) in [6.45, 7) is 7.46. The van der Waals surface area contributed by atoms with Crippen LogP contribution in [0.2, 0.25) is 0 Å². The van der Waals surface area contributed by atoms with Gasteiger partial charge in [0.2, 0.25) is 0 Å². The van der Waals surface area contributed by atoms with Gasteiger partial charge in [-0.1, -0.05) is 6.07 Å². The van der Waals surface area contributed by atoms with Crippen LogP contribution in [0.15, 0.2) is 18.2 Å². The van der Waals surface area contributed by atoms with Gasteiger partial charge >= 0.3 is 0 Å². The summed E-state index contributed by atoms with van der Waals surface area (Å²) in [6.07, 6.45) is 0. The van der Waals surface area contributed by atoms with Crippen LogP contribution in [0, 0.1) is 5.82 Å². The van der Waals surface area contributed by atoms with Crippen molar-refractivity contribution in [1.29, 1.82) is 0 Å². The zero-order valence-electron chi connectivity index (χ0n) is 9.67. The first-order valence-electron chi connectivity index (χ1n) is 5.03. The maximum atomic E-state index is 13.6. The van der Waals surface area contributed by atoms with Gasteiger partial charge in [0.05, 0.1) is 0 Å². The normalized spacial score (nSPS) is 13.7. The van der Waals surface area contributed by atoms with Crippen LogP contribution < -0.4 is 10.5 Å². The lowest BCUT2D eigenvalue weighted by atomic mass is 10.1. The van der Waals surface area contributed by atoms with Crippen molar-refractivity contribution in [2.45, 2.75) is 39.3 Å². The summed E-state index contributed by atoms with van der Waals surface area (Å²) >= 11 is 0. The Morgan fingerprint density at radius 1 is 1.33 bits per heavy atom. The fourth-order valence-corrected chi connectivity index (χ4v) is 1.21. The molecule has 0 spiro atoms. The number of halogens is 1. The Bertz CT molecular complexity index is 342. The van der Waals surface area contributed by atoms with Crippen molar-refractivity contribution < 1.29 is 9.13 Å². The Kier molecular flexibility index (Phi) is 3.35. The van der Waals surface area contributed by atoms with Crippen LogP contribution in [0.4, 0.5) is 4.39 Å². The Morgan fingerprint density at radius 3 is 2.33 bits per heavy atom. The van der Waals surface area contributed by atoms with E-state index in [-0.39, 0.29) is 17.6 Å². The lowest BCUT2D eigenvalue weighted by molar-refractivity contribution is 0.124. The first-order valence-corrected chi connectivity index (χ1v) is 5.03. The molecule has 2 nitrogen and oxygen atoms in total. The Balaban J connectivity index is 2.94. The third-order valence-corrected chi connectivity index (χ3v) is 1.90. The third-order valence-electron chi connectivity index (χ3n) is 1.90. The first kappa shape index (κ1) is 12.0. The van der Waals surface area contributed by atoms with Crippen LogP contribution in [0.25, 0.3) is 0 Å². The number of rotatable bonds is 2. The Morgan fingerprint density at radius 2 is 1.93 bits per heavy atom. The van der Waals surface area contributed by atoms with Crippen molar-refractivity contribution >= 4 is 0 Å². The highest BCUT2D eigenvalue weighted by Gasteiger charge is 2.15. The van der Waals surface area contributed by atoms with E-state index in [9.17, 15) is 4.39 Å².